The topological polar surface area (TPSA) is 23.5 Å². The van der Waals surface area contributed by atoms with E-state index in [0.717, 1.165) is 17.9 Å². The van der Waals surface area contributed by atoms with Crippen LogP contribution < -0.4 is 0 Å². The second-order valence-electron chi connectivity index (χ2n) is 6.02. The first kappa shape index (κ1) is 16.5. The van der Waals surface area contributed by atoms with Crippen molar-refractivity contribution in [1.82, 2.24) is 4.90 Å². The number of thioether (sulfide) groups is 1. The molecule has 1 aromatic rings. The van der Waals surface area contributed by atoms with Gasteiger partial charge in [0.15, 0.2) is 0 Å². The van der Waals surface area contributed by atoms with Crippen molar-refractivity contribution >= 4 is 11.8 Å². The second kappa shape index (κ2) is 7.32. The second-order valence-corrected chi connectivity index (χ2v) is 6.93. The molecule has 0 aliphatic rings. The molecular formula is C16H27NOS. The summed E-state index contributed by atoms with van der Waals surface area (Å²) in [6, 6.07) is 10.5. The molecule has 0 aliphatic carbocycles. The maximum Gasteiger partial charge on any atom is 0.0853 e. The monoisotopic (exact) mass is 281 g/mol. The molecule has 0 heterocycles. The van der Waals surface area contributed by atoms with Gasteiger partial charge in [-0.25, -0.2) is 0 Å². The molecule has 0 aromatic heterocycles. The van der Waals surface area contributed by atoms with Gasteiger partial charge in [0.25, 0.3) is 0 Å². The third-order valence-corrected chi connectivity index (χ3v) is 4.49. The summed E-state index contributed by atoms with van der Waals surface area (Å²) >= 11 is 1.86. The minimum Gasteiger partial charge on any atom is -0.388 e. The molecule has 0 aliphatic heterocycles. The molecule has 0 spiro atoms. The van der Waals surface area contributed by atoms with E-state index in [0.29, 0.717) is 6.04 Å². The molecule has 2 atom stereocenters. The van der Waals surface area contributed by atoms with Crippen LogP contribution in [0.3, 0.4) is 0 Å². The van der Waals surface area contributed by atoms with Gasteiger partial charge in [0.1, 0.15) is 0 Å². The number of aliphatic hydroxyl groups excluding tert-OH is 1. The Morgan fingerprint density at radius 2 is 1.84 bits per heavy atom. The lowest BCUT2D eigenvalue weighted by atomic mass is 9.82. The summed E-state index contributed by atoms with van der Waals surface area (Å²) in [5, 5.41) is 10.6. The van der Waals surface area contributed by atoms with Gasteiger partial charge in [-0.15, -0.1) is 0 Å². The highest BCUT2D eigenvalue weighted by atomic mass is 32.2. The highest BCUT2D eigenvalue weighted by Crippen LogP contribution is 2.34. The van der Waals surface area contributed by atoms with Gasteiger partial charge in [-0.3, -0.25) is 0 Å². The van der Waals surface area contributed by atoms with Crippen LogP contribution in [0.5, 0.6) is 0 Å². The first-order valence-electron chi connectivity index (χ1n) is 6.80. The minimum atomic E-state index is -0.433. The average Bonchev–Trinajstić information content (AvgIpc) is 2.38. The third-order valence-electron chi connectivity index (χ3n) is 3.67. The van der Waals surface area contributed by atoms with Crippen molar-refractivity contribution < 1.29 is 5.11 Å². The molecule has 3 heteroatoms. The van der Waals surface area contributed by atoms with Crippen LogP contribution in [0, 0.1) is 5.41 Å². The highest BCUT2D eigenvalue weighted by Gasteiger charge is 2.31. The molecular weight excluding hydrogens is 254 g/mol. The van der Waals surface area contributed by atoms with Gasteiger partial charge < -0.3 is 10.0 Å². The molecule has 0 saturated heterocycles. The van der Waals surface area contributed by atoms with E-state index in [1.54, 1.807) is 0 Å². The average molecular weight is 281 g/mol. The Bertz CT molecular complexity index is 366. The summed E-state index contributed by atoms with van der Waals surface area (Å²) in [6.45, 7) is 7.38. The molecule has 108 valence electrons. The van der Waals surface area contributed by atoms with Crippen molar-refractivity contribution in [3.05, 3.63) is 35.9 Å². The zero-order valence-corrected chi connectivity index (χ0v) is 13.6. The molecule has 0 radical (unpaired) electrons. The summed E-state index contributed by atoms with van der Waals surface area (Å²) in [4.78, 5) is 2.34. The standard InChI is InChI=1S/C16H27NOS/c1-13(11-19-5)17(4)12-16(2,3)15(18)14-9-7-6-8-10-14/h6-10,13,15,18H,11-12H2,1-5H3. The van der Waals surface area contributed by atoms with Gasteiger partial charge in [-0.05, 0) is 25.8 Å². The fraction of sp³-hybridized carbons (Fsp3) is 0.625. The van der Waals surface area contributed by atoms with Gasteiger partial charge in [0, 0.05) is 23.8 Å². The van der Waals surface area contributed by atoms with Crippen LogP contribution >= 0.6 is 11.8 Å². The maximum absolute atomic E-state index is 10.6. The SMILES string of the molecule is CSCC(C)N(C)CC(C)(C)C(O)c1ccccc1. The summed E-state index contributed by atoms with van der Waals surface area (Å²) in [5.74, 6) is 1.12. The molecule has 19 heavy (non-hydrogen) atoms. The predicted octanol–water partition coefficient (Wildman–Crippen LogP) is 3.43. The molecule has 1 rings (SSSR count). The molecule has 1 aromatic carbocycles. The summed E-state index contributed by atoms with van der Waals surface area (Å²) < 4.78 is 0. The summed E-state index contributed by atoms with van der Waals surface area (Å²) in [7, 11) is 2.14. The van der Waals surface area contributed by atoms with E-state index in [-0.39, 0.29) is 5.41 Å². The maximum atomic E-state index is 10.6. The third kappa shape index (κ3) is 4.83. The smallest absolute Gasteiger partial charge is 0.0853 e. The summed E-state index contributed by atoms with van der Waals surface area (Å²) in [5.41, 5.74) is 0.835. The Labute approximate surface area is 122 Å². The van der Waals surface area contributed by atoms with E-state index in [9.17, 15) is 5.11 Å². The van der Waals surface area contributed by atoms with Gasteiger partial charge in [-0.1, -0.05) is 44.2 Å². The fourth-order valence-electron chi connectivity index (χ4n) is 2.34. The number of hydrogen-bond acceptors (Lipinski definition) is 3. The molecule has 0 saturated carbocycles. The number of hydrogen-bond donors (Lipinski definition) is 1. The zero-order valence-electron chi connectivity index (χ0n) is 12.8. The van der Waals surface area contributed by atoms with E-state index in [2.05, 4.69) is 39.0 Å². The van der Waals surface area contributed by atoms with Crippen LogP contribution in [0.2, 0.25) is 0 Å². The van der Waals surface area contributed by atoms with Crippen LogP contribution in [-0.4, -0.2) is 41.6 Å². The summed E-state index contributed by atoms with van der Waals surface area (Å²) in [6.07, 6.45) is 1.70. The molecule has 1 N–H and O–H groups in total. The van der Waals surface area contributed by atoms with Crippen molar-refractivity contribution in [1.29, 1.82) is 0 Å². The normalized spacial score (nSPS) is 15.5. The Morgan fingerprint density at radius 3 is 2.37 bits per heavy atom. The van der Waals surface area contributed by atoms with Crippen LogP contribution in [0.25, 0.3) is 0 Å². The zero-order chi connectivity index (χ0) is 14.5. The largest absolute Gasteiger partial charge is 0.388 e. The first-order chi connectivity index (χ1) is 8.88. The van der Waals surface area contributed by atoms with Gasteiger partial charge in [0.2, 0.25) is 0 Å². The van der Waals surface area contributed by atoms with E-state index in [1.165, 1.54) is 0 Å². The van der Waals surface area contributed by atoms with E-state index in [4.69, 9.17) is 0 Å². The van der Waals surface area contributed by atoms with Gasteiger partial charge in [0.05, 0.1) is 6.10 Å². The molecule has 2 nitrogen and oxygen atoms in total. The van der Waals surface area contributed by atoms with E-state index in [1.807, 2.05) is 42.1 Å². The van der Waals surface area contributed by atoms with Gasteiger partial charge >= 0.3 is 0 Å². The van der Waals surface area contributed by atoms with Crippen LogP contribution in [0.1, 0.15) is 32.4 Å². The highest BCUT2D eigenvalue weighted by molar-refractivity contribution is 7.98. The van der Waals surface area contributed by atoms with Crippen LogP contribution in [-0.2, 0) is 0 Å². The van der Waals surface area contributed by atoms with Crippen molar-refractivity contribution in [2.24, 2.45) is 5.41 Å². The Hall–Kier alpha value is -0.510. The van der Waals surface area contributed by atoms with Crippen LogP contribution in [0.15, 0.2) is 30.3 Å². The Morgan fingerprint density at radius 1 is 1.26 bits per heavy atom. The molecule has 0 bridgehead atoms. The Balaban J connectivity index is 2.69. The lowest BCUT2D eigenvalue weighted by Gasteiger charge is -2.37. The molecule has 0 amide bonds. The number of rotatable bonds is 7. The van der Waals surface area contributed by atoms with Crippen molar-refractivity contribution in [3.63, 3.8) is 0 Å². The fourth-order valence-corrected chi connectivity index (χ4v) is 3.08. The Kier molecular flexibility index (Phi) is 6.37. The molecule has 0 fully saturated rings. The van der Waals surface area contributed by atoms with E-state index < -0.39 is 6.10 Å². The lowest BCUT2D eigenvalue weighted by Crippen LogP contribution is -2.41. The van der Waals surface area contributed by atoms with Crippen molar-refractivity contribution in [3.8, 4) is 0 Å². The predicted molar refractivity (Wildman–Crippen MR) is 85.7 cm³/mol. The quantitative estimate of drug-likeness (QED) is 0.828. The van der Waals surface area contributed by atoms with Crippen LogP contribution in [0.4, 0.5) is 0 Å². The first-order valence-corrected chi connectivity index (χ1v) is 8.20. The van der Waals surface area contributed by atoms with Crippen molar-refractivity contribution in [2.45, 2.75) is 32.9 Å². The van der Waals surface area contributed by atoms with Gasteiger partial charge in [-0.2, -0.15) is 11.8 Å². The lowest BCUT2D eigenvalue weighted by molar-refractivity contribution is 0.0203. The minimum absolute atomic E-state index is 0.164. The molecule has 2 unspecified atom stereocenters. The number of aliphatic hydroxyl groups is 1. The van der Waals surface area contributed by atoms with E-state index >= 15 is 0 Å². The number of nitrogens with zero attached hydrogens (tertiary/aromatic N) is 1. The number of benzene rings is 1. The van der Waals surface area contributed by atoms with Crippen molar-refractivity contribution in [2.75, 3.05) is 25.6 Å².